The molecule has 0 saturated carbocycles. The van der Waals surface area contributed by atoms with Gasteiger partial charge in [0.25, 0.3) is 0 Å². The molecule has 5 heteroatoms. The molecule has 2 rings (SSSR count). The number of nitrogens with two attached hydrogens (primary N) is 1. The maximum Gasteiger partial charge on any atom is 0.123 e. The standard InChI is InChI=1S/C11H15N3OS/c12-11(16)10-8(2-1-4-13-10)6-14-5-3-9(15)7-14/h1-2,4,9,15H,3,5-7H2,(H2,12,16). The predicted octanol–water partition coefficient (Wildman–Crippen LogP) is 0.282. The number of rotatable bonds is 3. The normalized spacial score (nSPS) is 21.2. The summed E-state index contributed by atoms with van der Waals surface area (Å²) in [6.07, 6.45) is 2.32. The van der Waals surface area contributed by atoms with E-state index in [9.17, 15) is 5.11 Å². The van der Waals surface area contributed by atoms with E-state index < -0.39 is 0 Å². The first-order valence-corrected chi connectivity index (χ1v) is 5.72. The maximum atomic E-state index is 9.45. The molecule has 0 bridgehead atoms. The minimum absolute atomic E-state index is 0.204. The molecule has 2 heterocycles. The van der Waals surface area contributed by atoms with Crippen LogP contribution in [-0.2, 0) is 6.54 Å². The van der Waals surface area contributed by atoms with E-state index in [0.29, 0.717) is 17.2 Å². The number of likely N-dealkylation sites (tertiary alicyclic amines) is 1. The summed E-state index contributed by atoms with van der Waals surface area (Å²) in [6.45, 7) is 2.37. The summed E-state index contributed by atoms with van der Waals surface area (Å²) in [5, 5.41) is 9.45. The summed E-state index contributed by atoms with van der Waals surface area (Å²) >= 11 is 4.96. The zero-order valence-electron chi connectivity index (χ0n) is 8.97. The Morgan fingerprint density at radius 1 is 1.69 bits per heavy atom. The largest absolute Gasteiger partial charge is 0.392 e. The Morgan fingerprint density at radius 3 is 3.12 bits per heavy atom. The smallest absolute Gasteiger partial charge is 0.123 e. The number of β-amino-alcohol motifs (C(OH)–C–C–N with tert-alkyl or cyclic N) is 1. The summed E-state index contributed by atoms with van der Waals surface area (Å²) in [6, 6.07) is 3.86. The molecule has 1 atom stereocenters. The minimum atomic E-state index is -0.204. The SMILES string of the molecule is NC(=S)c1ncccc1CN1CCC(O)C1. The number of thiocarbonyl (C=S) groups is 1. The average molecular weight is 237 g/mol. The molecule has 1 aliphatic heterocycles. The maximum absolute atomic E-state index is 9.45. The Hall–Kier alpha value is -1.04. The van der Waals surface area contributed by atoms with Crippen molar-refractivity contribution in [3.8, 4) is 0 Å². The zero-order valence-corrected chi connectivity index (χ0v) is 9.78. The van der Waals surface area contributed by atoms with Crippen LogP contribution < -0.4 is 5.73 Å². The van der Waals surface area contributed by atoms with Crippen LogP contribution in [0.4, 0.5) is 0 Å². The first kappa shape index (κ1) is 11.4. The Labute approximate surface area is 100 Å². The molecule has 3 N–H and O–H groups in total. The fourth-order valence-corrected chi connectivity index (χ4v) is 2.17. The number of hydrogen-bond donors (Lipinski definition) is 2. The van der Waals surface area contributed by atoms with Gasteiger partial charge in [-0.05, 0) is 18.1 Å². The number of pyridine rings is 1. The molecule has 0 spiro atoms. The lowest BCUT2D eigenvalue weighted by Gasteiger charge is -2.16. The molecule has 0 amide bonds. The van der Waals surface area contributed by atoms with Crippen LogP contribution in [0.2, 0.25) is 0 Å². The molecule has 16 heavy (non-hydrogen) atoms. The van der Waals surface area contributed by atoms with E-state index in [-0.39, 0.29) is 6.10 Å². The van der Waals surface area contributed by atoms with Gasteiger partial charge in [0.15, 0.2) is 0 Å². The van der Waals surface area contributed by atoms with Crippen molar-refractivity contribution in [2.45, 2.75) is 19.1 Å². The van der Waals surface area contributed by atoms with E-state index in [1.165, 1.54) is 0 Å². The second-order valence-electron chi connectivity index (χ2n) is 4.05. The molecular formula is C11H15N3OS. The zero-order chi connectivity index (χ0) is 11.5. The van der Waals surface area contributed by atoms with Crippen molar-refractivity contribution in [2.75, 3.05) is 13.1 Å². The van der Waals surface area contributed by atoms with Crippen LogP contribution in [0.15, 0.2) is 18.3 Å². The van der Waals surface area contributed by atoms with Gasteiger partial charge in [-0.25, -0.2) is 0 Å². The monoisotopic (exact) mass is 237 g/mol. The summed E-state index contributed by atoms with van der Waals surface area (Å²) in [7, 11) is 0. The molecule has 4 nitrogen and oxygen atoms in total. The first-order chi connectivity index (χ1) is 7.66. The highest BCUT2D eigenvalue weighted by Crippen LogP contribution is 2.15. The molecule has 1 aliphatic rings. The number of aromatic nitrogens is 1. The highest BCUT2D eigenvalue weighted by molar-refractivity contribution is 7.80. The van der Waals surface area contributed by atoms with E-state index in [1.807, 2.05) is 12.1 Å². The van der Waals surface area contributed by atoms with E-state index >= 15 is 0 Å². The highest BCUT2D eigenvalue weighted by Gasteiger charge is 2.21. The van der Waals surface area contributed by atoms with Crippen molar-refractivity contribution in [3.05, 3.63) is 29.6 Å². The second-order valence-corrected chi connectivity index (χ2v) is 4.49. The lowest BCUT2D eigenvalue weighted by atomic mass is 10.2. The third-order valence-corrected chi connectivity index (χ3v) is 2.96. The van der Waals surface area contributed by atoms with Crippen LogP contribution in [0.25, 0.3) is 0 Å². The molecule has 0 radical (unpaired) electrons. The van der Waals surface area contributed by atoms with Crippen LogP contribution >= 0.6 is 12.2 Å². The molecule has 1 aromatic heterocycles. The van der Waals surface area contributed by atoms with E-state index in [0.717, 1.165) is 25.1 Å². The van der Waals surface area contributed by atoms with Gasteiger partial charge in [-0.3, -0.25) is 9.88 Å². The van der Waals surface area contributed by atoms with Crippen LogP contribution in [0.5, 0.6) is 0 Å². The number of aliphatic hydroxyl groups excluding tert-OH is 1. The van der Waals surface area contributed by atoms with Gasteiger partial charge in [0, 0.05) is 25.8 Å². The van der Waals surface area contributed by atoms with Gasteiger partial charge in [-0.1, -0.05) is 18.3 Å². The third kappa shape index (κ3) is 2.55. The van der Waals surface area contributed by atoms with Gasteiger partial charge < -0.3 is 10.8 Å². The Kier molecular flexibility index (Phi) is 3.48. The quantitative estimate of drug-likeness (QED) is 0.740. The Bertz CT molecular complexity index is 397. The molecule has 1 saturated heterocycles. The van der Waals surface area contributed by atoms with E-state index in [2.05, 4.69) is 9.88 Å². The fraction of sp³-hybridized carbons (Fsp3) is 0.455. The molecule has 1 unspecified atom stereocenters. The highest BCUT2D eigenvalue weighted by atomic mass is 32.1. The van der Waals surface area contributed by atoms with Gasteiger partial charge in [-0.2, -0.15) is 0 Å². The van der Waals surface area contributed by atoms with Gasteiger partial charge in [0.05, 0.1) is 6.10 Å². The topological polar surface area (TPSA) is 62.4 Å². The molecule has 1 fully saturated rings. The van der Waals surface area contributed by atoms with Gasteiger partial charge >= 0.3 is 0 Å². The molecule has 0 aromatic carbocycles. The van der Waals surface area contributed by atoms with Crippen LogP contribution in [0, 0.1) is 0 Å². The van der Waals surface area contributed by atoms with Crippen molar-refractivity contribution in [2.24, 2.45) is 5.73 Å². The van der Waals surface area contributed by atoms with Crippen molar-refractivity contribution < 1.29 is 5.11 Å². The Balaban J connectivity index is 2.12. The molecule has 0 aliphatic carbocycles. The van der Waals surface area contributed by atoms with E-state index in [1.54, 1.807) is 6.20 Å². The van der Waals surface area contributed by atoms with Gasteiger partial charge in [0.1, 0.15) is 10.7 Å². The van der Waals surface area contributed by atoms with Crippen LogP contribution in [0.1, 0.15) is 17.7 Å². The fourth-order valence-electron chi connectivity index (χ4n) is 1.98. The first-order valence-electron chi connectivity index (χ1n) is 5.31. The lowest BCUT2D eigenvalue weighted by molar-refractivity contribution is 0.174. The van der Waals surface area contributed by atoms with Crippen molar-refractivity contribution in [1.82, 2.24) is 9.88 Å². The molecule has 86 valence electrons. The third-order valence-electron chi connectivity index (χ3n) is 2.77. The number of hydrogen-bond acceptors (Lipinski definition) is 4. The predicted molar refractivity (Wildman–Crippen MR) is 66.0 cm³/mol. The summed E-state index contributed by atoms with van der Waals surface area (Å²) in [4.78, 5) is 6.70. The second kappa shape index (κ2) is 4.86. The summed E-state index contributed by atoms with van der Waals surface area (Å²) in [5.74, 6) is 0. The summed E-state index contributed by atoms with van der Waals surface area (Å²) in [5.41, 5.74) is 7.34. The van der Waals surface area contributed by atoms with Crippen LogP contribution in [-0.4, -0.2) is 39.2 Å². The molecular weight excluding hydrogens is 222 g/mol. The Morgan fingerprint density at radius 2 is 2.50 bits per heavy atom. The number of aliphatic hydroxyl groups is 1. The minimum Gasteiger partial charge on any atom is -0.392 e. The van der Waals surface area contributed by atoms with Gasteiger partial charge in [-0.15, -0.1) is 0 Å². The van der Waals surface area contributed by atoms with E-state index in [4.69, 9.17) is 18.0 Å². The summed E-state index contributed by atoms with van der Waals surface area (Å²) < 4.78 is 0. The van der Waals surface area contributed by atoms with Crippen molar-refractivity contribution in [1.29, 1.82) is 0 Å². The average Bonchev–Trinajstić information content (AvgIpc) is 2.64. The van der Waals surface area contributed by atoms with Crippen molar-refractivity contribution in [3.63, 3.8) is 0 Å². The van der Waals surface area contributed by atoms with Crippen LogP contribution in [0.3, 0.4) is 0 Å². The lowest BCUT2D eigenvalue weighted by Crippen LogP contribution is -2.24. The number of nitrogens with zero attached hydrogens (tertiary/aromatic N) is 2. The van der Waals surface area contributed by atoms with Gasteiger partial charge in [0.2, 0.25) is 0 Å². The molecule has 1 aromatic rings. The van der Waals surface area contributed by atoms with Crippen molar-refractivity contribution >= 4 is 17.2 Å².